The molecule has 0 bridgehead atoms. The molecule has 156 valence electrons. The number of rotatable bonds is 9. The smallest absolute Gasteiger partial charge is 0.263 e. The monoisotopic (exact) mass is 412 g/mol. The van der Waals surface area contributed by atoms with E-state index in [9.17, 15) is 13.2 Å². The van der Waals surface area contributed by atoms with Crippen molar-refractivity contribution in [1.29, 1.82) is 0 Å². The first-order valence-electron chi connectivity index (χ1n) is 9.13. The zero-order valence-corrected chi connectivity index (χ0v) is 17.6. The van der Waals surface area contributed by atoms with Gasteiger partial charge in [-0.3, -0.25) is 4.79 Å². The average molecular weight is 413 g/mol. The standard InChI is InChI=1S/C19H28N2O6S/c1-14(2)11-21(16-8-9-28(23,24)13-16)18(22)12-27-20-10-15-6-5-7-17(25-3)19(15)26-4/h5-7,10,14,16H,8-9,11-13H2,1-4H3/b20-10-/t16-/m1/s1. The summed E-state index contributed by atoms with van der Waals surface area (Å²) in [6.45, 7) is 4.19. The maximum absolute atomic E-state index is 12.6. The Hall–Kier alpha value is -2.29. The molecular formula is C19H28N2O6S. The molecule has 1 atom stereocenters. The minimum Gasteiger partial charge on any atom is -0.493 e. The van der Waals surface area contributed by atoms with Gasteiger partial charge in [-0.25, -0.2) is 8.42 Å². The molecule has 0 aromatic heterocycles. The number of para-hydroxylation sites is 1. The van der Waals surface area contributed by atoms with Crippen LogP contribution in [0.3, 0.4) is 0 Å². The Morgan fingerprint density at radius 3 is 2.64 bits per heavy atom. The van der Waals surface area contributed by atoms with Crippen molar-refractivity contribution in [2.24, 2.45) is 11.1 Å². The molecule has 8 nitrogen and oxygen atoms in total. The van der Waals surface area contributed by atoms with Crippen LogP contribution in [0.15, 0.2) is 23.4 Å². The Kier molecular flexibility index (Phi) is 7.68. The van der Waals surface area contributed by atoms with E-state index in [0.29, 0.717) is 30.0 Å². The van der Waals surface area contributed by atoms with Crippen LogP contribution in [0.1, 0.15) is 25.8 Å². The summed E-state index contributed by atoms with van der Waals surface area (Å²) in [6.07, 6.45) is 1.91. The van der Waals surface area contributed by atoms with E-state index in [-0.39, 0.29) is 36.0 Å². The average Bonchev–Trinajstić information content (AvgIpc) is 3.01. The van der Waals surface area contributed by atoms with Crippen molar-refractivity contribution in [3.63, 3.8) is 0 Å². The van der Waals surface area contributed by atoms with E-state index in [0.717, 1.165) is 0 Å². The van der Waals surface area contributed by atoms with E-state index in [1.165, 1.54) is 13.3 Å². The molecule has 0 aliphatic carbocycles. The maximum Gasteiger partial charge on any atom is 0.263 e. The van der Waals surface area contributed by atoms with Gasteiger partial charge in [-0.1, -0.05) is 25.1 Å². The van der Waals surface area contributed by atoms with Gasteiger partial charge in [0.05, 0.1) is 31.9 Å². The second-order valence-corrected chi connectivity index (χ2v) is 9.32. The molecule has 1 aromatic carbocycles. The number of benzene rings is 1. The highest BCUT2D eigenvalue weighted by molar-refractivity contribution is 7.91. The number of nitrogens with zero attached hydrogens (tertiary/aromatic N) is 2. The number of sulfone groups is 1. The predicted octanol–water partition coefficient (Wildman–Crippen LogP) is 1.73. The van der Waals surface area contributed by atoms with Crippen molar-refractivity contribution in [2.75, 3.05) is 38.9 Å². The molecule has 2 rings (SSSR count). The number of amides is 1. The number of carbonyl (C=O) groups is 1. The lowest BCUT2D eigenvalue weighted by Gasteiger charge is -2.29. The van der Waals surface area contributed by atoms with E-state index >= 15 is 0 Å². The summed E-state index contributed by atoms with van der Waals surface area (Å²) in [7, 11) is -0.00646. The van der Waals surface area contributed by atoms with Crippen molar-refractivity contribution in [3.8, 4) is 11.5 Å². The molecular weight excluding hydrogens is 384 g/mol. The van der Waals surface area contributed by atoms with Crippen molar-refractivity contribution in [3.05, 3.63) is 23.8 Å². The molecule has 1 heterocycles. The predicted molar refractivity (Wildman–Crippen MR) is 107 cm³/mol. The van der Waals surface area contributed by atoms with Gasteiger partial charge < -0.3 is 19.2 Å². The van der Waals surface area contributed by atoms with Gasteiger partial charge >= 0.3 is 0 Å². The van der Waals surface area contributed by atoms with Gasteiger partial charge in [-0.15, -0.1) is 0 Å². The molecule has 0 radical (unpaired) electrons. The second-order valence-electron chi connectivity index (χ2n) is 7.09. The summed E-state index contributed by atoms with van der Waals surface area (Å²) in [5.41, 5.74) is 0.648. The Morgan fingerprint density at radius 2 is 2.07 bits per heavy atom. The molecule has 1 aliphatic rings. The van der Waals surface area contributed by atoms with Crippen LogP contribution in [0, 0.1) is 5.92 Å². The number of hydrogen-bond acceptors (Lipinski definition) is 7. The van der Waals surface area contributed by atoms with Crippen molar-refractivity contribution in [1.82, 2.24) is 4.90 Å². The summed E-state index contributed by atoms with van der Waals surface area (Å²) < 4.78 is 34.1. The molecule has 1 amide bonds. The zero-order chi connectivity index (χ0) is 20.7. The third-order valence-electron chi connectivity index (χ3n) is 4.42. The number of methoxy groups -OCH3 is 2. The van der Waals surface area contributed by atoms with E-state index in [1.807, 2.05) is 13.8 Å². The molecule has 0 N–H and O–H groups in total. The Balaban J connectivity index is 2.00. The fraction of sp³-hybridized carbons (Fsp3) is 0.579. The third kappa shape index (κ3) is 5.85. The Labute approximate surface area is 166 Å². The van der Waals surface area contributed by atoms with Crippen LogP contribution in [-0.4, -0.2) is 70.4 Å². The number of ether oxygens (including phenoxy) is 2. The number of oxime groups is 1. The lowest BCUT2D eigenvalue weighted by Crippen LogP contribution is -2.44. The van der Waals surface area contributed by atoms with Crippen molar-refractivity contribution < 1.29 is 27.5 Å². The van der Waals surface area contributed by atoms with Gasteiger partial charge in [0, 0.05) is 18.2 Å². The molecule has 0 saturated carbocycles. The van der Waals surface area contributed by atoms with Crippen molar-refractivity contribution >= 4 is 22.0 Å². The second kappa shape index (κ2) is 9.77. The van der Waals surface area contributed by atoms with E-state index in [2.05, 4.69) is 5.16 Å². The van der Waals surface area contributed by atoms with Crippen LogP contribution in [-0.2, 0) is 19.5 Å². The summed E-state index contributed by atoms with van der Waals surface area (Å²) in [5.74, 6) is 1.15. The normalized spacial score (nSPS) is 18.4. The summed E-state index contributed by atoms with van der Waals surface area (Å²) >= 11 is 0. The third-order valence-corrected chi connectivity index (χ3v) is 6.17. The first kappa shape index (κ1) is 22.0. The van der Waals surface area contributed by atoms with E-state index < -0.39 is 9.84 Å². The summed E-state index contributed by atoms with van der Waals surface area (Å²) in [4.78, 5) is 19.4. The van der Waals surface area contributed by atoms with Gasteiger partial charge in [0.1, 0.15) is 0 Å². The number of hydrogen-bond donors (Lipinski definition) is 0. The lowest BCUT2D eigenvalue weighted by molar-refractivity contribution is -0.138. The summed E-state index contributed by atoms with van der Waals surface area (Å²) in [6, 6.07) is 5.04. The van der Waals surface area contributed by atoms with Crippen LogP contribution in [0.25, 0.3) is 0 Å². The first-order valence-corrected chi connectivity index (χ1v) is 11.0. The van der Waals surface area contributed by atoms with Crippen LogP contribution >= 0.6 is 0 Å². The molecule has 9 heteroatoms. The van der Waals surface area contributed by atoms with Crippen molar-refractivity contribution in [2.45, 2.75) is 26.3 Å². The van der Waals surface area contributed by atoms with Crippen LogP contribution in [0.2, 0.25) is 0 Å². The van der Waals surface area contributed by atoms with Gasteiger partial charge in [-0.2, -0.15) is 0 Å². The van der Waals surface area contributed by atoms with E-state index in [1.54, 1.807) is 30.2 Å². The van der Waals surface area contributed by atoms with Gasteiger partial charge in [-0.05, 0) is 24.5 Å². The SMILES string of the molecule is COc1cccc(/C=N\OCC(=O)N(CC(C)C)[C@@H]2CCS(=O)(=O)C2)c1OC. The largest absolute Gasteiger partial charge is 0.493 e. The molecule has 1 aliphatic heterocycles. The van der Waals surface area contributed by atoms with Gasteiger partial charge in [0.2, 0.25) is 0 Å². The minimum absolute atomic E-state index is 0.00966. The Morgan fingerprint density at radius 1 is 1.32 bits per heavy atom. The Bertz CT molecular complexity index is 807. The van der Waals surface area contributed by atoms with Gasteiger partial charge in [0.15, 0.2) is 27.9 Å². The lowest BCUT2D eigenvalue weighted by atomic mass is 10.1. The van der Waals surface area contributed by atoms with Gasteiger partial charge in [0.25, 0.3) is 5.91 Å². The fourth-order valence-electron chi connectivity index (χ4n) is 3.15. The summed E-state index contributed by atoms with van der Waals surface area (Å²) in [5, 5.41) is 3.86. The van der Waals surface area contributed by atoms with E-state index in [4.69, 9.17) is 14.3 Å². The molecule has 0 unspecified atom stereocenters. The highest BCUT2D eigenvalue weighted by Crippen LogP contribution is 2.29. The molecule has 0 spiro atoms. The minimum atomic E-state index is -3.08. The number of carbonyl (C=O) groups excluding carboxylic acids is 1. The highest BCUT2D eigenvalue weighted by atomic mass is 32.2. The fourth-order valence-corrected chi connectivity index (χ4v) is 4.88. The van der Waals surface area contributed by atoms with Crippen LogP contribution in [0.5, 0.6) is 11.5 Å². The topological polar surface area (TPSA) is 94.5 Å². The zero-order valence-electron chi connectivity index (χ0n) is 16.8. The molecule has 1 saturated heterocycles. The molecule has 1 aromatic rings. The van der Waals surface area contributed by atoms with Crippen LogP contribution < -0.4 is 9.47 Å². The van der Waals surface area contributed by atoms with Crippen LogP contribution in [0.4, 0.5) is 0 Å². The maximum atomic E-state index is 12.6. The molecule has 28 heavy (non-hydrogen) atoms. The quantitative estimate of drug-likeness (QED) is 0.453. The first-order chi connectivity index (χ1) is 13.3. The molecule has 1 fully saturated rings. The highest BCUT2D eigenvalue weighted by Gasteiger charge is 2.34.